The Morgan fingerprint density at radius 3 is 2.23 bits per heavy atom. The van der Waals surface area contributed by atoms with Crippen LogP contribution >= 0.6 is 0 Å². The minimum Gasteiger partial charge on any atom is -0.493 e. The number of hydrogen-bond acceptors (Lipinski definition) is 5. The Kier molecular flexibility index (Phi) is 7.85. The van der Waals surface area contributed by atoms with Crippen LogP contribution < -0.4 is 15.2 Å². The summed E-state index contributed by atoms with van der Waals surface area (Å²) >= 11 is 0. The number of benzene rings is 3. The van der Waals surface area contributed by atoms with Crippen molar-refractivity contribution < 1.29 is 9.47 Å². The molecule has 3 rings (SSSR count). The second kappa shape index (κ2) is 11.0. The molecule has 0 amide bonds. The van der Waals surface area contributed by atoms with E-state index in [1.807, 2.05) is 66.7 Å². The minimum absolute atomic E-state index is 0.495. The van der Waals surface area contributed by atoms with Gasteiger partial charge in [0.2, 0.25) is 0 Å². The van der Waals surface area contributed by atoms with Gasteiger partial charge in [0.15, 0.2) is 11.5 Å². The third-order valence-corrected chi connectivity index (χ3v) is 4.81. The van der Waals surface area contributed by atoms with Gasteiger partial charge in [-0.1, -0.05) is 48.5 Å². The van der Waals surface area contributed by atoms with Crippen LogP contribution in [0.15, 0.2) is 72.8 Å². The number of methoxy groups -OCH3 is 1. The lowest BCUT2D eigenvalue weighted by molar-refractivity contribution is 0.262. The van der Waals surface area contributed by atoms with Crippen molar-refractivity contribution in [3.63, 3.8) is 0 Å². The number of rotatable bonds is 10. The Labute approximate surface area is 178 Å². The highest BCUT2D eigenvalue weighted by Gasteiger charge is 2.11. The molecule has 0 aromatic heterocycles. The molecule has 0 aliphatic heterocycles. The molecule has 5 heteroatoms. The van der Waals surface area contributed by atoms with Crippen molar-refractivity contribution >= 4 is 0 Å². The molecule has 5 nitrogen and oxygen atoms in total. The summed E-state index contributed by atoms with van der Waals surface area (Å²) in [5, 5.41) is 8.97. The van der Waals surface area contributed by atoms with Gasteiger partial charge in [0, 0.05) is 26.2 Å². The van der Waals surface area contributed by atoms with Crippen LogP contribution in [0.2, 0.25) is 0 Å². The molecule has 0 saturated heterocycles. The Hall–Kier alpha value is -3.33. The SMILES string of the molecule is COc1cc(CN(CCN)Cc2ccc(C#N)cc2)ccc1OCc1ccccc1. The molecule has 0 radical (unpaired) electrons. The molecule has 0 heterocycles. The summed E-state index contributed by atoms with van der Waals surface area (Å²) in [5.74, 6) is 1.44. The molecule has 0 aliphatic carbocycles. The van der Waals surface area contributed by atoms with Crippen molar-refractivity contribution in [3.05, 3.63) is 95.1 Å². The summed E-state index contributed by atoms with van der Waals surface area (Å²) in [6, 6.07) is 25.9. The van der Waals surface area contributed by atoms with E-state index in [1.165, 1.54) is 0 Å². The number of nitrogens with two attached hydrogens (primary N) is 1. The summed E-state index contributed by atoms with van der Waals surface area (Å²) in [6.07, 6.45) is 0. The fourth-order valence-corrected chi connectivity index (χ4v) is 3.26. The van der Waals surface area contributed by atoms with E-state index in [1.54, 1.807) is 7.11 Å². The molecular weight excluding hydrogens is 374 g/mol. The van der Waals surface area contributed by atoms with Gasteiger partial charge >= 0.3 is 0 Å². The van der Waals surface area contributed by atoms with E-state index in [-0.39, 0.29) is 0 Å². The zero-order valence-corrected chi connectivity index (χ0v) is 17.3. The van der Waals surface area contributed by atoms with Crippen LogP contribution in [0, 0.1) is 11.3 Å². The highest BCUT2D eigenvalue weighted by molar-refractivity contribution is 5.43. The summed E-state index contributed by atoms with van der Waals surface area (Å²) in [4.78, 5) is 2.28. The van der Waals surface area contributed by atoms with Crippen LogP contribution in [-0.2, 0) is 19.7 Å². The van der Waals surface area contributed by atoms with Crippen molar-refractivity contribution in [1.29, 1.82) is 5.26 Å². The zero-order valence-electron chi connectivity index (χ0n) is 17.3. The predicted octanol–water partition coefficient (Wildman–Crippen LogP) is 4.11. The number of nitrogens with zero attached hydrogens (tertiary/aromatic N) is 2. The lowest BCUT2D eigenvalue weighted by Crippen LogP contribution is -2.28. The maximum absolute atomic E-state index is 8.97. The fourth-order valence-electron chi connectivity index (χ4n) is 3.26. The average molecular weight is 402 g/mol. The van der Waals surface area contributed by atoms with Gasteiger partial charge in [0.05, 0.1) is 18.7 Å². The Morgan fingerprint density at radius 2 is 1.57 bits per heavy atom. The highest BCUT2D eigenvalue weighted by Crippen LogP contribution is 2.29. The first-order chi connectivity index (χ1) is 14.7. The Morgan fingerprint density at radius 1 is 0.867 bits per heavy atom. The minimum atomic E-state index is 0.495. The molecule has 30 heavy (non-hydrogen) atoms. The monoisotopic (exact) mass is 401 g/mol. The smallest absolute Gasteiger partial charge is 0.161 e. The third-order valence-electron chi connectivity index (χ3n) is 4.81. The molecule has 0 fully saturated rings. The first kappa shape index (κ1) is 21.4. The summed E-state index contributed by atoms with van der Waals surface area (Å²) in [5.41, 5.74) is 9.88. The van der Waals surface area contributed by atoms with Gasteiger partial charge in [0.1, 0.15) is 6.61 Å². The second-order valence-electron chi connectivity index (χ2n) is 7.07. The number of hydrogen-bond donors (Lipinski definition) is 1. The Balaban J connectivity index is 1.67. The maximum Gasteiger partial charge on any atom is 0.161 e. The highest BCUT2D eigenvalue weighted by atomic mass is 16.5. The molecule has 0 unspecified atom stereocenters. The van der Waals surface area contributed by atoms with E-state index in [2.05, 4.69) is 17.0 Å². The molecule has 0 bridgehead atoms. The fraction of sp³-hybridized carbons (Fsp3) is 0.240. The maximum atomic E-state index is 8.97. The standard InChI is InChI=1S/C25H27N3O2/c1-29-25-15-23(11-12-24(25)30-19-22-5-3-2-4-6-22)18-28(14-13-26)17-21-9-7-20(16-27)8-10-21/h2-12,15H,13-14,17-19,26H2,1H3. The van der Waals surface area contributed by atoms with Gasteiger partial charge in [-0.05, 0) is 41.0 Å². The molecular formula is C25H27N3O2. The van der Waals surface area contributed by atoms with Crippen molar-refractivity contribution in [2.24, 2.45) is 5.73 Å². The summed E-state index contributed by atoms with van der Waals surface area (Å²) in [7, 11) is 1.66. The van der Waals surface area contributed by atoms with Crippen molar-refractivity contribution in [1.82, 2.24) is 4.90 Å². The molecule has 0 aliphatic rings. The molecule has 3 aromatic rings. The summed E-state index contributed by atoms with van der Waals surface area (Å²) in [6.45, 7) is 3.35. The summed E-state index contributed by atoms with van der Waals surface area (Å²) < 4.78 is 11.5. The molecule has 0 spiro atoms. The van der Waals surface area contributed by atoms with E-state index in [9.17, 15) is 0 Å². The van der Waals surface area contributed by atoms with Crippen molar-refractivity contribution in [2.45, 2.75) is 19.7 Å². The van der Waals surface area contributed by atoms with Crippen LogP contribution in [0.5, 0.6) is 11.5 Å². The average Bonchev–Trinajstić information content (AvgIpc) is 2.79. The molecule has 2 N–H and O–H groups in total. The molecule has 0 saturated carbocycles. The van der Waals surface area contributed by atoms with Crippen LogP contribution in [-0.4, -0.2) is 25.1 Å². The lowest BCUT2D eigenvalue weighted by atomic mass is 10.1. The van der Waals surface area contributed by atoms with Gasteiger partial charge in [-0.2, -0.15) is 5.26 Å². The van der Waals surface area contributed by atoms with E-state index >= 15 is 0 Å². The van der Waals surface area contributed by atoms with Crippen LogP contribution in [0.25, 0.3) is 0 Å². The lowest BCUT2D eigenvalue weighted by Gasteiger charge is -2.22. The van der Waals surface area contributed by atoms with Crippen molar-refractivity contribution in [2.75, 3.05) is 20.2 Å². The zero-order chi connectivity index (χ0) is 21.2. The van der Waals surface area contributed by atoms with E-state index in [0.717, 1.165) is 47.8 Å². The third kappa shape index (κ3) is 6.08. The quantitative estimate of drug-likeness (QED) is 0.554. The largest absolute Gasteiger partial charge is 0.493 e. The van der Waals surface area contributed by atoms with E-state index in [0.29, 0.717) is 18.7 Å². The van der Waals surface area contributed by atoms with Gasteiger partial charge in [-0.25, -0.2) is 0 Å². The second-order valence-corrected chi connectivity index (χ2v) is 7.07. The van der Waals surface area contributed by atoms with E-state index in [4.69, 9.17) is 20.5 Å². The van der Waals surface area contributed by atoms with E-state index < -0.39 is 0 Å². The van der Waals surface area contributed by atoms with Gasteiger partial charge < -0.3 is 15.2 Å². The Bertz CT molecular complexity index is 966. The van der Waals surface area contributed by atoms with Gasteiger partial charge in [-0.3, -0.25) is 4.90 Å². The predicted molar refractivity (Wildman–Crippen MR) is 118 cm³/mol. The number of ether oxygens (including phenoxy) is 2. The molecule has 3 aromatic carbocycles. The topological polar surface area (TPSA) is 71.5 Å². The van der Waals surface area contributed by atoms with Crippen molar-refractivity contribution in [3.8, 4) is 17.6 Å². The molecule has 154 valence electrons. The van der Waals surface area contributed by atoms with Crippen LogP contribution in [0.4, 0.5) is 0 Å². The molecule has 0 atom stereocenters. The van der Waals surface area contributed by atoms with Crippen LogP contribution in [0.3, 0.4) is 0 Å². The normalized spacial score (nSPS) is 10.6. The van der Waals surface area contributed by atoms with Gasteiger partial charge in [0.25, 0.3) is 0 Å². The van der Waals surface area contributed by atoms with Crippen LogP contribution in [0.1, 0.15) is 22.3 Å². The number of nitriles is 1. The van der Waals surface area contributed by atoms with Gasteiger partial charge in [-0.15, -0.1) is 0 Å². The first-order valence-corrected chi connectivity index (χ1v) is 9.97. The first-order valence-electron chi connectivity index (χ1n) is 9.97.